The summed E-state index contributed by atoms with van der Waals surface area (Å²) in [6.45, 7) is 2.20. The molecule has 1 atom stereocenters. The summed E-state index contributed by atoms with van der Waals surface area (Å²) in [6, 6.07) is 6.61. The Kier molecular flexibility index (Phi) is 3.23. The summed E-state index contributed by atoms with van der Waals surface area (Å²) in [5, 5.41) is 0. The van der Waals surface area contributed by atoms with E-state index in [1.54, 1.807) is 0 Å². The van der Waals surface area contributed by atoms with Crippen LogP contribution in [0.4, 0.5) is 0 Å². The zero-order chi connectivity index (χ0) is 8.97. The van der Waals surface area contributed by atoms with Crippen LogP contribution in [0.1, 0.15) is 12.6 Å². The van der Waals surface area contributed by atoms with Crippen LogP contribution in [0.25, 0.3) is 0 Å². The third kappa shape index (κ3) is 2.62. The second-order valence-electron chi connectivity index (χ2n) is 3.34. The molecule has 0 saturated carbocycles. The van der Waals surface area contributed by atoms with Gasteiger partial charge in [-0.05, 0) is 33.2 Å². The number of likely N-dealkylation sites (N-methyl/N-ethyl adjacent to an activating group) is 1. The lowest BCUT2D eigenvalue weighted by molar-refractivity contribution is 0.310. The Labute approximate surface area is 74.2 Å². The highest BCUT2D eigenvalue weighted by atomic mass is 15.1. The molecule has 0 aliphatic heterocycles. The van der Waals surface area contributed by atoms with Crippen molar-refractivity contribution in [3.05, 3.63) is 30.1 Å². The normalized spacial score (nSPS) is 13.3. The molecule has 1 aromatic rings. The van der Waals surface area contributed by atoms with E-state index >= 15 is 0 Å². The maximum atomic E-state index is 4.27. The van der Waals surface area contributed by atoms with E-state index in [2.05, 4.69) is 37.0 Å². The van der Waals surface area contributed by atoms with Gasteiger partial charge in [-0.1, -0.05) is 6.07 Å². The van der Waals surface area contributed by atoms with E-state index in [9.17, 15) is 0 Å². The summed E-state index contributed by atoms with van der Waals surface area (Å²) in [5.41, 5.74) is 1.17. The smallest absolute Gasteiger partial charge is 0.0419 e. The van der Waals surface area contributed by atoms with Gasteiger partial charge in [0.2, 0.25) is 0 Å². The highest BCUT2D eigenvalue weighted by molar-refractivity contribution is 5.04. The van der Waals surface area contributed by atoms with Gasteiger partial charge < -0.3 is 4.90 Å². The fourth-order valence-corrected chi connectivity index (χ4v) is 1.00. The fourth-order valence-electron chi connectivity index (χ4n) is 1.00. The van der Waals surface area contributed by atoms with Crippen molar-refractivity contribution in [1.82, 2.24) is 9.88 Å². The molecule has 2 heteroatoms. The molecule has 66 valence electrons. The van der Waals surface area contributed by atoms with E-state index in [1.165, 1.54) is 5.69 Å². The molecular formula is C10H16N2. The van der Waals surface area contributed by atoms with Crippen LogP contribution in [0.3, 0.4) is 0 Å². The lowest BCUT2D eigenvalue weighted by Gasteiger charge is -2.18. The largest absolute Gasteiger partial charge is 0.306 e. The SMILES string of the molecule is CC(Cc1ccccn1)N(C)C. The standard InChI is InChI=1S/C10H16N2/c1-9(12(2)3)8-10-6-4-5-7-11-10/h4-7,9H,8H2,1-3H3. The van der Waals surface area contributed by atoms with Gasteiger partial charge in [0.25, 0.3) is 0 Å². The first kappa shape index (κ1) is 9.20. The monoisotopic (exact) mass is 164 g/mol. The molecular weight excluding hydrogens is 148 g/mol. The Morgan fingerprint density at radius 1 is 1.42 bits per heavy atom. The minimum atomic E-state index is 0.555. The van der Waals surface area contributed by atoms with Crippen LogP contribution in [0.2, 0.25) is 0 Å². The van der Waals surface area contributed by atoms with Gasteiger partial charge in [0.05, 0.1) is 0 Å². The van der Waals surface area contributed by atoms with Gasteiger partial charge in [-0.15, -0.1) is 0 Å². The number of pyridine rings is 1. The minimum absolute atomic E-state index is 0.555. The molecule has 0 spiro atoms. The molecule has 1 unspecified atom stereocenters. The maximum Gasteiger partial charge on any atom is 0.0419 e. The van der Waals surface area contributed by atoms with Crippen LogP contribution in [0.15, 0.2) is 24.4 Å². The second kappa shape index (κ2) is 4.21. The van der Waals surface area contributed by atoms with Gasteiger partial charge in [0.1, 0.15) is 0 Å². The minimum Gasteiger partial charge on any atom is -0.306 e. The quantitative estimate of drug-likeness (QED) is 0.674. The number of hydrogen-bond acceptors (Lipinski definition) is 2. The van der Waals surface area contributed by atoms with E-state index in [4.69, 9.17) is 0 Å². The van der Waals surface area contributed by atoms with Gasteiger partial charge in [-0.3, -0.25) is 4.98 Å². The summed E-state index contributed by atoms with van der Waals surface area (Å²) in [4.78, 5) is 6.48. The van der Waals surface area contributed by atoms with Crippen LogP contribution in [-0.2, 0) is 6.42 Å². The Balaban J connectivity index is 2.53. The number of aromatic nitrogens is 1. The molecule has 0 bridgehead atoms. The molecule has 0 saturated heterocycles. The van der Waals surface area contributed by atoms with Crippen molar-refractivity contribution >= 4 is 0 Å². The van der Waals surface area contributed by atoms with E-state index in [0.717, 1.165) is 6.42 Å². The summed E-state index contributed by atoms with van der Waals surface area (Å²) < 4.78 is 0. The van der Waals surface area contributed by atoms with Crippen LogP contribution >= 0.6 is 0 Å². The van der Waals surface area contributed by atoms with E-state index < -0.39 is 0 Å². The lowest BCUT2D eigenvalue weighted by Crippen LogP contribution is -2.26. The van der Waals surface area contributed by atoms with Crippen LogP contribution in [0.5, 0.6) is 0 Å². The lowest BCUT2D eigenvalue weighted by atomic mass is 10.1. The molecule has 0 aliphatic carbocycles. The molecule has 1 rings (SSSR count). The van der Waals surface area contributed by atoms with Gasteiger partial charge in [-0.2, -0.15) is 0 Å². The fraction of sp³-hybridized carbons (Fsp3) is 0.500. The number of hydrogen-bond donors (Lipinski definition) is 0. The second-order valence-corrected chi connectivity index (χ2v) is 3.34. The summed E-state index contributed by atoms with van der Waals surface area (Å²) in [6.07, 6.45) is 2.87. The van der Waals surface area contributed by atoms with Crippen LogP contribution in [0, 0.1) is 0 Å². The Morgan fingerprint density at radius 2 is 2.17 bits per heavy atom. The van der Waals surface area contributed by atoms with E-state index in [0.29, 0.717) is 6.04 Å². The predicted molar refractivity (Wildman–Crippen MR) is 51.1 cm³/mol. The van der Waals surface area contributed by atoms with Crippen molar-refractivity contribution in [2.75, 3.05) is 14.1 Å². The first-order valence-electron chi connectivity index (χ1n) is 4.26. The Bertz CT molecular complexity index is 219. The highest BCUT2D eigenvalue weighted by Crippen LogP contribution is 2.02. The third-order valence-electron chi connectivity index (χ3n) is 2.11. The number of nitrogens with zero attached hydrogens (tertiary/aromatic N) is 2. The third-order valence-corrected chi connectivity index (χ3v) is 2.11. The zero-order valence-corrected chi connectivity index (χ0v) is 7.99. The summed E-state index contributed by atoms with van der Waals surface area (Å²) >= 11 is 0. The van der Waals surface area contributed by atoms with Crippen molar-refractivity contribution in [3.63, 3.8) is 0 Å². The van der Waals surface area contributed by atoms with Crippen molar-refractivity contribution in [1.29, 1.82) is 0 Å². The highest BCUT2D eigenvalue weighted by Gasteiger charge is 2.05. The van der Waals surface area contributed by atoms with Crippen molar-refractivity contribution in [3.8, 4) is 0 Å². The first-order valence-corrected chi connectivity index (χ1v) is 4.26. The van der Waals surface area contributed by atoms with Gasteiger partial charge in [0.15, 0.2) is 0 Å². The first-order chi connectivity index (χ1) is 5.70. The maximum absolute atomic E-state index is 4.27. The zero-order valence-electron chi connectivity index (χ0n) is 7.99. The van der Waals surface area contributed by atoms with Crippen molar-refractivity contribution < 1.29 is 0 Å². The van der Waals surface area contributed by atoms with Crippen LogP contribution < -0.4 is 0 Å². The summed E-state index contributed by atoms with van der Waals surface area (Å²) in [7, 11) is 4.18. The summed E-state index contributed by atoms with van der Waals surface area (Å²) in [5.74, 6) is 0. The average Bonchev–Trinajstić information content (AvgIpc) is 2.06. The number of rotatable bonds is 3. The van der Waals surface area contributed by atoms with Crippen molar-refractivity contribution in [2.24, 2.45) is 0 Å². The van der Waals surface area contributed by atoms with E-state index in [1.807, 2.05) is 18.3 Å². The predicted octanol–water partition coefficient (Wildman–Crippen LogP) is 1.57. The average molecular weight is 164 g/mol. The Hall–Kier alpha value is -0.890. The molecule has 0 N–H and O–H groups in total. The molecule has 0 aliphatic rings. The molecule has 0 amide bonds. The van der Waals surface area contributed by atoms with Gasteiger partial charge >= 0.3 is 0 Å². The topological polar surface area (TPSA) is 16.1 Å². The van der Waals surface area contributed by atoms with Crippen LogP contribution in [-0.4, -0.2) is 30.0 Å². The Morgan fingerprint density at radius 3 is 2.67 bits per heavy atom. The molecule has 0 aromatic carbocycles. The van der Waals surface area contributed by atoms with E-state index in [-0.39, 0.29) is 0 Å². The van der Waals surface area contributed by atoms with Crippen molar-refractivity contribution in [2.45, 2.75) is 19.4 Å². The molecule has 1 aromatic heterocycles. The molecule has 0 fully saturated rings. The molecule has 12 heavy (non-hydrogen) atoms. The molecule has 2 nitrogen and oxygen atoms in total. The molecule has 0 radical (unpaired) electrons. The van der Waals surface area contributed by atoms with Gasteiger partial charge in [0, 0.05) is 24.4 Å². The molecule has 1 heterocycles. The van der Waals surface area contributed by atoms with Gasteiger partial charge in [-0.25, -0.2) is 0 Å².